The number of hydrogen-bond acceptors (Lipinski definition) is 4. The first-order chi connectivity index (χ1) is 9.43. The van der Waals surface area contributed by atoms with Crippen LogP contribution in [0.25, 0.3) is 0 Å². The Morgan fingerprint density at radius 2 is 1.90 bits per heavy atom. The molecule has 0 aromatic heterocycles. The number of hydrogen-bond donors (Lipinski definition) is 2. The van der Waals surface area contributed by atoms with Gasteiger partial charge in [0.15, 0.2) is 0 Å². The van der Waals surface area contributed by atoms with Gasteiger partial charge < -0.3 is 15.3 Å². The summed E-state index contributed by atoms with van der Waals surface area (Å²) in [6.07, 6.45) is 2.52. The molecule has 1 atom stereocenters. The van der Waals surface area contributed by atoms with E-state index < -0.39 is 0 Å². The molecule has 0 aliphatic heterocycles. The fraction of sp³-hybridized carbons (Fsp3) is 1.00. The monoisotopic (exact) mass is 285 g/mol. The standard InChI is InChI=1S/C16H35N3O/c1-6-17-16(13-20,15-7-8-15)12-19(11-14(2)3)10-9-18(4)5/h14-15,17,20H,6-13H2,1-5H3. The number of rotatable bonds is 11. The minimum Gasteiger partial charge on any atom is -0.394 e. The molecule has 0 bridgehead atoms. The van der Waals surface area contributed by atoms with E-state index in [2.05, 4.69) is 50.0 Å². The summed E-state index contributed by atoms with van der Waals surface area (Å²) >= 11 is 0. The van der Waals surface area contributed by atoms with Crippen LogP contribution in [-0.2, 0) is 0 Å². The van der Waals surface area contributed by atoms with Gasteiger partial charge in [-0.1, -0.05) is 20.8 Å². The second kappa shape index (κ2) is 8.32. The van der Waals surface area contributed by atoms with Crippen molar-refractivity contribution in [2.45, 2.75) is 39.2 Å². The zero-order chi connectivity index (χ0) is 15.2. The number of aliphatic hydroxyl groups is 1. The van der Waals surface area contributed by atoms with Gasteiger partial charge in [-0.2, -0.15) is 0 Å². The third-order valence-corrected chi connectivity index (χ3v) is 4.16. The molecule has 4 nitrogen and oxygen atoms in total. The molecule has 0 amide bonds. The Balaban J connectivity index is 2.67. The number of aliphatic hydroxyl groups excluding tert-OH is 1. The Bertz CT molecular complexity index is 266. The Morgan fingerprint density at radius 3 is 2.30 bits per heavy atom. The Morgan fingerprint density at radius 1 is 1.25 bits per heavy atom. The highest BCUT2D eigenvalue weighted by atomic mass is 16.3. The maximum atomic E-state index is 9.98. The Labute approximate surface area is 125 Å². The third-order valence-electron chi connectivity index (χ3n) is 4.16. The van der Waals surface area contributed by atoms with E-state index in [-0.39, 0.29) is 12.1 Å². The molecule has 0 aromatic rings. The van der Waals surface area contributed by atoms with Crippen LogP contribution in [-0.4, -0.2) is 73.9 Å². The molecule has 4 heteroatoms. The molecule has 1 aliphatic rings. The van der Waals surface area contributed by atoms with Crippen LogP contribution in [0.1, 0.15) is 33.6 Å². The molecule has 0 aromatic carbocycles. The lowest BCUT2D eigenvalue weighted by molar-refractivity contribution is 0.0830. The molecule has 1 fully saturated rings. The van der Waals surface area contributed by atoms with Gasteiger partial charge >= 0.3 is 0 Å². The fourth-order valence-corrected chi connectivity index (χ4v) is 3.04. The minimum absolute atomic E-state index is 0.0873. The van der Waals surface area contributed by atoms with Gasteiger partial charge in [0.05, 0.1) is 12.1 Å². The van der Waals surface area contributed by atoms with Crippen LogP contribution in [0.5, 0.6) is 0 Å². The first-order valence-electron chi connectivity index (χ1n) is 8.16. The summed E-state index contributed by atoms with van der Waals surface area (Å²) in [6, 6.07) is 0. The van der Waals surface area contributed by atoms with E-state index >= 15 is 0 Å². The summed E-state index contributed by atoms with van der Waals surface area (Å²) in [6.45, 7) is 12.1. The van der Waals surface area contributed by atoms with Crippen LogP contribution in [0.2, 0.25) is 0 Å². The van der Waals surface area contributed by atoms with Crippen molar-refractivity contribution in [2.24, 2.45) is 11.8 Å². The second-order valence-electron chi connectivity index (χ2n) is 7.05. The molecule has 1 saturated carbocycles. The highest BCUT2D eigenvalue weighted by molar-refractivity contribution is 5.02. The van der Waals surface area contributed by atoms with Crippen LogP contribution in [0, 0.1) is 11.8 Å². The summed E-state index contributed by atoms with van der Waals surface area (Å²) in [5.41, 5.74) is -0.0873. The molecule has 20 heavy (non-hydrogen) atoms. The SMILES string of the molecule is CCNC(CO)(CN(CCN(C)C)CC(C)C)C1CC1. The average Bonchev–Trinajstić information content (AvgIpc) is 3.19. The van der Waals surface area contributed by atoms with Crippen LogP contribution in [0.4, 0.5) is 0 Å². The number of nitrogens with one attached hydrogen (secondary N) is 1. The summed E-state index contributed by atoms with van der Waals surface area (Å²) in [4.78, 5) is 4.76. The van der Waals surface area contributed by atoms with E-state index in [4.69, 9.17) is 0 Å². The molecule has 0 spiro atoms. The zero-order valence-electron chi connectivity index (χ0n) is 14.2. The molecule has 1 unspecified atom stereocenters. The van der Waals surface area contributed by atoms with Crippen molar-refractivity contribution in [2.75, 3.05) is 53.4 Å². The van der Waals surface area contributed by atoms with Gasteiger partial charge in [-0.3, -0.25) is 4.90 Å². The molecule has 0 saturated heterocycles. The van der Waals surface area contributed by atoms with E-state index in [0.29, 0.717) is 11.8 Å². The molecule has 1 rings (SSSR count). The van der Waals surface area contributed by atoms with E-state index in [1.54, 1.807) is 0 Å². The van der Waals surface area contributed by atoms with Gasteiger partial charge in [-0.15, -0.1) is 0 Å². The Hall–Kier alpha value is -0.160. The highest BCUT2D eigenvalue weighted by Gasteiger charge is 2.45. The lowest BCUT2D eigenvalue weighted by Gasteiger charge is -2.39. The summed E-state index contributed by atoms with van der Waals surface area (Å²) < 4.78 is 0. The maximum absolute atomic E-state index is 9.98. The van der Waals surface area contributed by atoms with Crippen LogP contribution in [0.3, 0.4) is 0 Å². The van der Waals surface area contributed by atoms with Crippen LogP contribution < -0.4 is 5.32 Å². The first-order valence-corrected chi connectivity index (χ1v) is 8.16. The van der Waals surface area contributed by atoms with Crippen molar-refractivity contribution in [3.63, 3.8) is 0 Å². The van der Waals surface area contributed by atoms with Gasteiger partial charge in [0, 0.05) is 26.2 Å². The maximum Gasteiger partial charge on any atom is 0.0628 e. The van der Waals surface area contributed by atoms with Crippen molar-refractivity contribution in [3.8, 4) is 0 Å². The third kappa shape index (κ3) is 5.68. The average molecular weight is 285 g/mol. The van der Waals surface area contributed by atoms with E-state index in [9.17, 15) is 5.11 Å². The molecule has 1 aliphatic carbocycles. The van der Waals surface area contributed by atoms with Crippen molar-refractivity contribution >= 4 is 0 Å². The molecular formula is C16H35N3O. The van der Waals surface area contributed by atoms with E-state index in [1.807, 2.05) is 0 Å². The van der Waals surface area contributed by atoms with E-state index in [0.717, 1.165) is 32.7 Å². The topological polar surface area (TPSA) is 38.7 Å². The molecule has 0 radical (unpaired) electrons. The molecule has 0 heterocycles. The smallest absolute Gasteiger partial charge is 0.0628 e. The summed E-state index contributed by atoms with van der Waals surface area (Å²) in [5, 5.41) is 13.6. The molecule has 2 N–H and O–H groups in total. The van der Waals surface area contributed by atoms with Gasteiger partial charge in [-0.05, 0) is 45.3 Å². The van der Waals surface area contributed by atoms with Crippen molar-refractivity contribution in [1.82, 2.24) is 15.1 Å². The van der Waals surface area contributed by atoms with Crippen molar-refractivity contribution in [1.29, 1.82) is 0 Å². The van der Waals surface area contributed by atoms with Gasteiger partial charge in [0.2, 0.25) is 0 Å². The zero-order valence-corrected chi connectivity index (χ0v) is 14.2. The lowest BCUT2D eigenvalue weighted by Crippen LogP contribution is -2.58. The summed E-state index contributed by atoms with van der Waals surface area (Å²) in [5.74, 6) is 1.32. The number of likely N-dealkylation sites (N-methyl/N-ethyl adjacent to an activating group) is 2. The summed E-state index contributed by atoms with van der Waals surface area (Å²) in [7, 11) is 4.25. The fourth-order valence-electron chi connectivity index (χ4n) is 3.04. The predicted octanol–water partition coefficient (Wildman–Crippen LogP) is 1.26. The van der Waals surface area contributed by atoms with Crippen LogP contribution in [0.15, 0.2) is 0 Å². The van der Waals surface area contributed by atoms with Crippen molar-refractivity contribution < 1.29 is 5.11 Å². The first kappa shape index (κ1) is 17.9. The largest absolute Gasteiger partial charge is 0.394 e. The normalized spacial score (nSPS) is 19.1. The Kier molecular flexibility index (Phi) is 7.45. The van der Waals surface area contributed by atoms with Gasteiger partial charge in [0.1, 0.15) is 0 Å². The highest BCUT2D eigenvalue weighted by Crippen LogP contribution is 2.40. The quantitative estimate of drug-likeness (QED) is 0.599. The van der Waals surface area contributed by atoms with Crippen LogP contribution >= 0.6 is 0 Å². The number of nitrogens with zero attached hydrogens (tertiary/aromatic N) is 2. The molecular weight excluding hydrogens is 250 g/mol. The molecule has 120 valence electrons. The van der Waals surface area contributed by atoms with E-state index in [1.165, 1.54) is 12.8 Å². The van der Waals surface area contributed by atoms with Gasteiger partial charge in [-0.25, -0.2) is 0 Å². The van der Waals surface area contributed by atoms with Crippen molar-refractivity contribution in [3.05, 3.63) is 0 Å². The lowest BCUT2D eigenvalue weighted by atomic mass is 9.92. The second-order valence-corrected chi connectivity index (χ2v) is 7.05. The minimum atomic E-state index is -0.0873. The van der Waals surface area contributed by atoms with Gasteiger partial charge in [0.25, 0.3) is 0 Å². The predicted molar refractivity (Wildman–Crippen MR) is 86.0 cm³/mol.